The van der Waals surface area contributed by atoms with Crippen LogP contribution in [-0.2, 0) is 6.42 Å². The van der Waals surface area contributed by atoms with Crippen LogP contribution >= 0.6 is 0 Å². The molecule has 0 aliphatic heterocycles. The molecule has 1 aromatic heterocycles. The van der Waals surface area contributed by atoms with E-state index in [9.17, 15) is 5.11 Å². The second kappa shape index (κ2) is 6.90. The number of aromatic nitrogens is 2. The zero-order chi connectivity index (χ0) is 12.8. The molecule has 0 bridgehead atoms. The largest absolute Gasteiger partial charge is 0.396 e. The van der Waals surface area contributed by atoms with Crippen LogP contribution in [0.15, 0.2) is 12.3 Å². The van der Waals surface area contributed by atoms with Crippen molar-refractivity contribution in [3.8, 4) is 0 Å². The summed E-state index contributed by atoms with van der Waals surface area (Å²) in [6.07, 6.45) is 9.98. The summed E-state index contributed by atoms with van der Waals surface area (Å²) in [6.45, 7) is 0.146. The number of aliphatic hydroxyl groups is 2. The molecular weight excluding hydrogens is 228 g/mol. The van der Waals surface area contributed by atoms with Gasteiger partial charge in [0, 0.05) is 19.2 Å². The maximum atomic E-state index is 9.79. The van der Waals surface area contributed by atoms with Gasteiger partial charge < -0.3 is 10.2 Å². The van der Waals surface area contributed by atoms with Gasteiger partial charge in [-0.05, 0) is 31.7 Å². The Balaban J connectivity index is 1.85. The van der Waals surface area contributed by atoms with Crippen molar-refractivity contribution < 1.29 is 10.2 Å². The zero-order valence-corrected chi connectivity index (χ0v) is 11.0. The van der Waals surface area contributed by atoms with Gasteiger partial charge in [-0.1, -0.05) is 19.3 Å². The van der Waals surface area contributed by atoms with Gasteiger partial charge in [0.2, 0.25) is 0 Å². The van der Waals surface area contributed by atoms with E-state index in [1.807, 2.05) is 12.3 Å². The van der Waals surface area contributed by atoms with Crippen LogP contribution in [-0.4, -0.2) is 32.7 Å². The van der Waals surface area contributed by atoms with Crippen molar-refractivity contribution in [1.29, 1.82) is 0 Å². The molecule has 2 N–H and O–H groups in total. The third-order valence-corrected chi connectivity index (χ3v) is 3.75. The number of hydrogen-bond acceptors (Lipinski definition) is 3. The Morgan fingerprint density at radius 2 is 2.11 bits per heavy atom. The molecule has 0 saturated heterocycles. The minimum Gasteiger partial charge on any atom is -0.396 e. The standard InChI is InChI=1S/C14H24N2O2/c17-10-4-7-14(18)11-12-8-9-16(15-12)13-5-2-1-3-6-13/h8-9,13-14,17-18H,1-7,10-11H2. The van der Waals surface area contributed by atoms with Gasteiger partial charge in [-0.3, -0.25) is 4.68 Å². The van der Waals surface area contributed by atoms with E-state index in [-0.39, 0.29) is 12.7 Å². The second-order valence-corrected chi connectivity index (χ2v) is 5.30. The molecule has 0 aromatic carbocycles. The average Bonchev–Trinajstić information content (AvgIpc) is 2.86. The van der Waals surface area contributed by atoms with Gasteiger partial charge in [-0.25, -0.2) is 0 Å². The van der Waals surface area contributed by atoms with Gasteiger partial charge in [-0.2, -0.15) is 5.10 Å². The van der Waals surface area contributed by atoms with Crippen LogP contribution in [0.5, 0.6) is 0 Å². The van der Waals surface area contributed by atoms with Crippen LogP contribution in [0.1, 0.15) is 56.7 Å². The van der Waals surface area contributed by atoms with Crippen LogP contribution in [0.3, 0.4) is 0 Å². The Morgan fingerprint density at radius 1 is 1.33 bits per heavy atom. The normalized spacial score (nSPS) is 19.0. The van der Waals surface area contributed by atoms with E-state index in [0.29, 0.717) is 25.3 Å². The first-order valence-corrected chi connectivity index (χ1v) is 7.12. The Hall–Kier alpha value is -0.870. The Morgan fingerprint density at radius 3 is 2.83 bits per heavy atom. The summed E-state index contributed by atoms with van der Waals surface area (Å²) < 4.78 is 2.08. The van der Waals surface area contributed by atoms with Gasteiger partial charge >= 0.3 is 0 Å². The molecule has 1 saturated carbocycles. The Bertz CT molecular complexity index is 345. The average molecular weight is 252 g/mol. The summed E-state index contributed by atoms with van der Waals surface area (Å²) >= 11 is 0. The molecule has 4 heteroatoms. The van der Waals surface area contributed by atoms with E-state index in [0.717, 1.165) is 5.69 Å². The molecule has 0 spiro atoms. The molecule has 1 fully saturated rings. The predicted molar refractivity (Wildman–Crippen MR) is 70.4 cm³/mol. The molecular formula is C14H24N2O2. The van der Waals surface area contributed by atoms with Gasteiger partial charge in [-0.15, -0.1) is 0 Å². The lowest BCUT2D eigenvalue weighted by atomic mass is 9.96. The molecule has 0 amide bonds. The van der Waals surface area contributed by atoms with E-state index in [2.05, 4.69) is 9.78 Å². The molecule has 102 valence electrons. The van der Waals surface area contributed by atoms with Crippen molar-refractivity contribution in [2.75, 3.05) is 6.61 Å². The van der Waals surface area contributed by atoms with Crippen LogP contribution in [0.4, 0.5) is 0 Å². The maximum absolute atomic E-state index is 9.79. The lowest BCUT2D eigenvalue weighted by Gasteiger charge is -2.21. The fourth-order valence-corrected chi connectivity index (χ4v) is 2.71. The summed E-state index contributed by atoms with van der Waals surface area (Å²) in [6, 6.07) is 2.57. The predicted octanol–water partition coefficient (Wildman–Crippen LogP) is 2.06. The lowest BCUT2D eigenvalue weighted by Crippen LogP contribution is -2.15. The fourth-order valence-electron chi connectivity index (χ4n) is 2.71. The molecule has 1 aromatic rings. The SMILES string of the molecule is OCCCC(O)Cc1ccn(C2CCCCC2)n1. The minimum absolute atomic E-state index is 0.146. The molecule has 1 aliphatic carbocycles. The molecule has 1 aliphatic rings. The molecule has 18 heavy (non-hydrogen) atoms. The van der Waals surface area contributed by atoms with Crippen molar-refractivity contribution in [2.24, 2.45) is 0 Å². The molecule has 0 radical (unpaired) electrons. The second-order valence-electron chi connectivity index (χ2n) is 5.30. The summed E-state index contributed by atoms with van der Waals surface area (Å²) in [5.41, 5.74) is 0.964. The van der Waals surface area contributed by atoms with Crippen LogP contribution < -0.4 is 0 Å². The highest BCUT2D eigenvalue weighted by atomic mass is 16.3. The van der Waals surface area contributed by atoms with Crippen LogP contribution in [0.2, 0.25) is 0 Å². The van der Waals surface area contributed by atoms with Gasteiger partial charge in [0.1, 0.15) is 0 Å². The first-order chi connectivity index (χ1) is 8.79. The highest BCUT2D eigenvalue weighted by Crippen LogP contribution is 2.27. The monoisotopic (exact) mass is 252 g/mol. The van der Waals surface area contributed by atoms with Crippen LogP contribution in [0.25, 0.3) is 0 Å². The lowest BCUT2D eigenvalue weighted by molar-refractivity contribution is 0.148. The van der Waals surface area contributed by atoms with E-state index < -0.39 is 0 Å². The third kappa shape index (κ3) is 3.82. The highest BCUT2D eigenvalue weighted by molar-refractivity contribution is 5.01. The highest BCUT2D eigenvalue weighted by Gasteiger charge is 2.16. The molecule has 4 nitrogen and oxygen atoms in total. The first kappa shape index (κ1) is 13.6. The smallest absolute Gasteiger partial charge is 0.0650 e. The Kier molecular flexibility index (Phi) is 5.20. The van der Waals surface area contributed by atoms with Crippen molar-refractivity contribution in [3.05, 3.63) is 18.0 Å². The van der Waals surface area contributed by atoms with Gasteiger partial charge in [0.15, 0.2) is 0 Å². The van der Waals surface area contributed by atoms with Gasteiger partial charge in [0.25, 0.3) is 0 Å². The summed E-state index contributed by atoms with van der Waals surface area (Å²) in [7, 11) is 0. The Labute approximate surface area is 109 Å². The van der Waals surface area contributed by atoms with Crippen molar-refractivity contribution in [1.82, 2.24) is 9.78 Å². The van der Waals surface area contributed by atoms with Crippen molar-refractivity contribution in [2.45, 2.75) is 63.5 Å². The van der Waals surface area contributed by atoms with E-state index in [1.54, 1.807) is 0 Å². The zero-order valence-electron chi connectivity index (χ0n) is 11.0. The van der Waals surface area contributed by atoms with E-state index in [4.69, 9.17) is 5.11 Å². The number of rotatable bonds is 6. The summed E-state index contributed by atoms with van der Waals surface area (Å²) in [5, 5.41) is 23.1. The third-order valence-electron chi connectivity index (χ3n) is 3.75. The van der Waals surface area contributed by atoms with Crippen LogP contribution in [0, 0.1) is 0 Å². The maximum Gasteiger partial charge on any atom is 0.0650 e. The van der Waals surface area contributed by atoms with Gasteiger partial charge in [0.05, 0.1) is 17.8 Å². The fraction of sp³-hybridized carbons (Fsp3) is 0.786. The minimum atomic E-state index is -0.383. The van der Waals surface area contributed by atoms with E-state index >= 15 is 0 Å². The van der Waals surface area contributed by atoms with E-state index in [1.165, 1.54) is 32.1 Å². The van der Waals surface area contributed by atoms with Crippen molar-refractivity contribution in [3.63, 3.8) is 0 Å². The number of aliphatic hydroxyl groups excluding tert-OH is 2. The number of hydrogen-bond donors (Lipinski definition) is 2. The number of nitrogens with zero attached hydrogens (tertiary/aromatic N) is 2. The molecule has 1 unspecified atom stereocenters. The molecule has 1 heterocycles. The summed E-state index contributed by atoms with van der Waals surface area (Å²) in [4.78, 5) is 0. The quantitative estimate of drug-likeness (QED) is 0.815. The molecule has 1 atom stereocenters. The summed E-state index contributed by atoms with van der Waals surface area (Å²) in [5.74, 6) is 0. The first-order valence-electron chi connectivity index (χ1n) is 7.12. The van der Waals surface area contributed by atoms with Crippen molar-refractivity contribution >= 4 is 0 Å². The topological polar surface area (TPSA) is 58.3 Å². The molecule has 2 rings (SSSR count).